The predicted molar refractivity (Wildman–Crippen MR) is 81.8 cm³/mol. The van der Waals surface area contributed by atoms with Gasteiger partial charge in [-0.3, -0.25) is 0 Å². The van der Waals surface area contributed by atoms with Crippen molar-refractivity contribution < 1.29 is 0 Å². The fourth-order valence-corrected chi connectivity index (χ4v) is 2.23. The lowest BCUT2D eigenvalue weighted by molar-refractivity contribution is 1.14. The molecular weight excluding hydrogens is 302 g/mol. The number of benzene rings is 2. The molecular formula is C15H14BrN3. The number of hydrogen-bond acceptors (Lipinski definition) is 3. The van der Waals surface area contributed by atoms with Gasteiger partial charge in [0.15, 0.2) is 0 Å². The lowest BCUT2D eigenvalue weighted by Crippen LogP contribution is -2.01. The summed E-state index contributed by atoms with van der Waals surface area (Å²) in [6, 6.07) is 13.6. The molecule has 0 heterocycles. The van der Waals surface area contributed by atoms with Crippen molar-refractivity contribution in [2.24, 2.45) is 0 Å². The molecule has 19 heavy (non-hydrogen) atoms. The van der Waals surface area contributed by atoms with E-state index in [9.17, 15) is 0 Å². The van der Waals surface area contributed by atoms with Crippen LogP contribution in [0.4, 0.5) is 11.4 Å². The molecule has 0 aliphatic carbocycles. The smallest absolute Gasteiger partial charge is 0.0991 e. The van der Waals surface area contributed by atoms with E-state index in [-0.39, 0.29) is 0 Å². The van der Waals surface area contributed by atoms with E-state index in [2.05, 4.69) is 27.3 Å². The summed E-state index contributed by atoms with van der Waals surface area (Å²) < 4.78 is 0.948. The van der Waals surface area contributed by atoms with Gasteiger partial charge in [0.1, 0.15) is 0 Å². The molecule has 96 valence electrons. The van der Waals surface area contributed by atoms with Crippen LogP contribution in [0.15, 0.2) is 40.9 Å². The molecule has 0 aliphatic rings. The summed E-state index contributed by atoms with van der Waals surface area (Å²) in [5.74, 6) is 0. The summed E-state index contributed by atoms with van der Waals surface area (Å²) in [7, 11) is 0. The number of nitrogens with zero attached hydrogens (tertiary/aromatic N) is 1. The summed E-state index contributed by atoms with van der Waals surface area (Å²) in [5, 5.41) is 12.1. The van der Waals surface area contributed by atoms with Gasteiger partial charge in [-0.2, -0.15) is 5.26 Å². The van der Waals surface area contributed by atoms with Gasteiger partial charge in [-0.05, 0) is 58.2 Å². The minimum atomic E-state index is 0.674. The van der Waals surface area contributed by atoms with Crippen LogP contribution in [0.1, 0.15) is 16.7 Å². The van der Waals surface area contributed by atoms with Crippen LogP contribution >= 0.6 is 15.9 Å². The Balaban J connectivity index is 2.10. The SMILES string of the molecule is Cc1cc(NCc2ccc(C#N)cc2)c(Br)cc1N. The number of nitrogens with one attached hydrogen (secondary N) is 1. The summed E-state index contributed by atoms with van der Waals surface area (Å²) >= 11 is 3.49. The van der Waals surface area contributed by atoms with E-state index in [4.69, 9.17) is 11.0 Å². The Bertz CT molecular complexity index is 627. The highest BCUT2D eigenvalue weighted by Crippen LogP contribution is 2.28. The average Bonchev–Trinajstić information content (AvgIpc) is 2.42. The number of aryl methyl sites for hydroxylation is 1. The molecule has 0 saturated carbocycles. The zero-order valence-corrected chi connectivity index (χ0v) is 12.2. The second-order valence-electron chi connectivity index (χ2n) is 4.35. The first kappa shape index (κ1) is 13.4. The van der Waals surface area contributed by atoms with E-state index >= 15 is 0 Å². The first-order valence-corrected chi connectivity index (χ1v) is 6.68. The number of nitrogens with two attached hydrogens (primary N) is 1. The first-order valence-electron chi connectivity index (χ1n) is 5.88. The van der Waals surface area contributed by atoms with Crippen LogP contribution in [0.2, 0.25) is 0 Å². The number of anilines is 2. The highest BCUT2D eigenvalue weighted by atomic mass is 79.9. The molecule has 4 heteroatoms. The van der Waals surface area contributed by atoms with Gasteiger partial charge in [0.25, 0.3) is 0 Å². The molecule has 0 saturated heterocycles. The normalized spacial score (nSPS) is 9.95. The molecule has 0 amide bonds. The highest BCUT2D eigenvalue weighted by Gasteiger charge is 2.03. The van der Waals surface area contributed by atoms with Crippen molar-refractivity contribution >= 4 is 27.3 Å². The van der Waals surface area contributed by atoms with E-state index in [1.54, 1.807) is 0 Å². The average molecular weight is 316 g/mol. The van der Waals surface area contributed by atoms with Crippen molar-refractivity contribution in [3.8, 4) is 6.07 Å². The molecule has 3 nitrogen and oxygen atoms in total. The standard InChI is InChI=1S/C15H14BrN3/c1-10-6-15(13(16)7-14(10)18)19-9-12-4-2-11(8-17)3-5-12/h2-7,19H,9,18H2,1H3. The maximum absolute atomic E-state index is 8.75. The van der Waals surface area contributed by atoms with E-state index in [0.717, 1.165) is 27.0 Å². The Kier molecular flexibility index (Phi) is 4.08. The van der Waals surface area contributed by atoms with E-state index in [0.29, 0.717) is 12.1 Å². The Morgan fingerprint density at radius 1 is 1.26 bits per heavy atom. The Hall–Kier alpha value is -1.99. The van der Waals surface area contributed by atoms with Gasteiger partial charge >= 0.3 is 0 Å². The third kappa shape index (κ3) is 3.27. The number of hydrogen-bond donors (Lipinski definition) is 2. The van der Waals surface area contributed by atoms with Gasteiger partial charge in [-0.15, -0.1) is 0 Å². The lowest BCUT2D eigenvalue weighted by atomic mass is 10.1. The Morgan fingerprint density at radius 2 is 1.95 bits per heavy atom. The van der Waals surface area contributed by atoms with Gasteiger partial charge in [-0.1, -0.05) is 12.1 Å². The van der Waals surface area contributed by atoms with Crippen LogP contribution in [-0.2, 0) is 6.54 Å². The molecule has 3 N–H and O–H groups in total. The molecule has 2 rings (SSSR count). The van der Waals surface area contributed by atoms with Gasteiger partial charge in [0.2, 0.25) is 0 Å². The van der Waals surface area contributed by atoms with Crippen LogP contribution in [-0.4, -0.2) is 0 Å². The molecule has 0 unspecified atom stereocenters. The first-order chi connectivity index (χ1) is 9.10. The molecule has 2 aromatic carbocycles. The number of halogens is 1. The van der Waals surface area contributed by atoms with Crippen LogP contribution in [0.3, 0.4) is 0 Å². The lowest BCUT2D eigenvalue weighted by Gasteiger charge is -2.11. The fourth-order valence-electron chi connectivity index (χ4n) is 1.73. The summed E-state index contributed by atoms with van der Waals surface area (Å²) in [4.78, 5) is 0. The van der Waals surface area contributed by atoms with Gasteiger partial charge in [-0.25, -0.2) is 0 Å². The van der Waals surface area contributed by atoms with Crippen molar-refractivity contribution in [3.63, 3.8) is 0 Å². The van der Waals surface area contributed by atoms with E-state index in [1.807, 2.05) is 43.3 Å². The van der Waals surface area contributed by atoms with Crippen LogP contribution in [0.5, 0.6) is 0 Å². The fraction of sp³-hybridized carbons (Fsp3) is 0.133. The summed E-state index contributed by atoms with van der Waals surface area (Å²) in [5.41, 5.74) is 10.5. The minimum Gasteiger partial charge on any atom is -0.398 e. The zero-order chi connectivity index (χ0) is 13.8. The molecule has 0 radical (unpaired) electrons. The molecule has 0 atom stereocenters. The third-order valence-electron chi connectivity index (χ3n) is 2.92. The third-order valence-corrected chi connectivity index (χ3v) is 3.58. The second kappa shape index (κ2) is 5.77. The second-order valence-corrected chi connectivity index (χ2v) is 5.21. The van der Waals surface area contributed by atoms with Gasteiger partial charge < -0.3 is 11.1 Å². The van der Waals surface area contributed by atoms with Crippen molar-refractivity contribution in [3.05, 3.63) is 57.6 Å². The monoisotopic (exact) mass is 315 g/mol. The van der Waals surface area contributed by atoms with E-state index in [1.165, 1.54) is 0 Å². The predicted octanol–water partition coefficient (Wildman–Crippen LogP) is 3.82. The molecule has 0 aromatic heterocycles. The van der Waals surface area contributed by atoms with E-state index < -0.39 is 0 Å². The van der Waals surface area contributed by atoms with Crippen molar-refractivity contribution in [1.82, 2.24) is 0 Å². The Morgan fingerprint density at radius 3 is 2.58 bits per heavy atom. The molecule has 0 spiro atoms. The maximum atomic E-state index is 8.75. The Labute approximate surface area is 121 Å². The molecule has 0 bridgehead atoms. The number of nitrogen functional groups attached to an aromatic ring is 1. The molecule has 0 aliphatic heterocycles. The minimum absolute atomic E-state index is 0.674. The maximum Gasteiger partial charge on any atom is 0.0991 e. The molecule has 0 fully saturated rings. The quantitative estimate of drug-likeness (QED) is 0.846. The van der Waals surface area contributed by atoms with Crippen LogP contribution < -0.4 is 11.1 Å². The van der Waals surface area contributed by atoms with Gasteiger partial charge in [0, 0.05) is 22.4 Å². The van der Waals surface area contributed by atoms with Crippen molar-refractivity contribution in [2.45, 2.75) is 13.5 Å². The molecule has 2 aromatic rings. The topological polar surface area (TPSA) is 61.8 Å². The van der Waals surface area contributed by atoms with Crippen molar-refractivity contribution in [2.75, 3.05) is 11.1 Å². The van der Waals surface area contributed by atoms with Crippen LogP contribution in [0.25, 0.3) is 0 Å². The summed E-state index contributed by atoms with van der Waals surface area (Å²) in [6.45, 7) is 2.68. The largest absolute Gasteiger partial charge is 0.398 e. The zero-order valence-electron chi connectivity index (χ0n) is 10.6. The van der Waals surface area contributed by atoms with Crippen molar-refractivity contribution in [1.29, 1.82) is 5.26 Å². The number of nitriles is 1. The van der Waals surface area contributed by atoms with Gasteiger partial charge in [0.05, 0.1) is 11.6 Å². The summed E-state index contributed by atoms with van der Waals surface area (Å²) in [6.07, 6.45) is 0. The number of rotatable bonds is 3. The highest BCUT2D eigenvalue weighted by molar-refractivity contribution is 9.10. The van der Waals surface area contributed by atoms with Crippen LogP contribution in [0, 0.1) is 18.3 Å².